The number of benzene rings is 1. The van der Waals surface area contributed by atoms with Crippen LogP contribution in [0, 0.1) is 6.92 Å². The molecule has 1 heterocycles. The third-order valence-electron chi connectivity index (χ3n) is 2.71. The normalized spacial score (nSPS) is 11.9. The van der Waals surface area contributed by atoms with Crippen molar-refractivity contribution in [3.8, 4) is 0 Å². The van der Waals surface area contributed by atoms with Crippen molar-refractivity contribution in [3.05, 3.63) is 59.5 Å². The highest BCUT2D eigenvalue weighted by atomic mass is 16.6. The first-order valence-corrected chi connectivity index (χ1v) is 5.93. The monoisotopic (exact) mass is 258 g/mol. The van der Waals surface area contributed by atoms with E-state index in [1.165, 1.54) is 12.3 Å². The summed E-state index contributed by atoms with van der Waals surface area (Å²) in [7, 11) is 0. The summed E-state index contributed by atoms with van der Waals surface area (Å²) in [6.07, 6.45) is 0.531. The lowest BCUT2D eigenvalue weighted by Crippen LogP contribution is -2.24. The van der Waals surface area contributed by atoms with E-state index in [-0.39, 0.29) is 11.5 Å². The van der Waals surface area contributed by atoms with Crippen molar-refractivity contribution in [2.24, 2.45) is 0 Å². The largest absolute Gasteiger partial charge is 0.457 e. The quantitative estimate of drug-likeness (QED) is 0.624. The Hall–Kier alpha value is -2.36. The summed E-state index contributed by atoms with van der Waals surface area (Å²) < 4.78 is 9.97. The maximum atomic E-state index is 12.1. The summed E-state index contributed by atoms with van der Waals surface area (Å²) in [5.41, 5.74) is 1.59. The van der Waals surface area contributed by atoms with Gasteiger partial charge in [0.05, 0.1) is 6.26 Å². The molecule has 0 N–H and O–H groups in total. The second-order valence-corrected chi connectivity index (χ2v) is 4.26. The van der Waals surface area contributed by atoms with E-state index in [9.17, 15) is 9.59 Å². The molecule has 0 spiro atoms. The fourth-order valence-electron chi connectivity index (χ4n) is 1.62. The van der Waals surface area contributed by atoms with Gasteiger partial charge in [0, 0.05) is 5.56 Å². The molecule has 0 radical (unpaired) electrons. The Kier molecular flexibility index (Phi) is 3.80. The first-order chi connectivity index (χ1) is 9.08. The molecule has 0 bridgehead atoms. The molecular weight excluding hydrogens is 244 g/mol. The molecule has 19 heavy (non-hydrogen) atoms. The standard InChI is InChI=1S/C15H14O4/c1-10-5-7-12(8-6-10)14(16)11(2)19-15(17)13-4-3-9-18-13/h3-9,11H,1-2H3/t11-/m1/s1. The number of hydrogen-bond donors (Lipinski definition) is 0. The van der Waals surface area contributed by atoms with Crippen LogP contribution in [0.2, 0.25) is 0 Å². The van der Waals surface area contributed by atoms with Gasteiger partial charge in [-0.15, -0.1) is 0 Å². The van der Waals surface area contributed by atoms with Crippen LogP contribution < -0.4 is 0 Å². The molecule has 98 valence electrons. The van der Waals surface area contributed by atoms with Gasteiger partial charge in [0.1, 0.15) is 0 Å². The average molecular weight is 258 g/mol. The van der Waals surface area contributed by atoms with Gasteiger partial charge in [0.25, 0.3) is 0 Å². The Bertz CT molecular complexity index is 567. The Balaban J connectivity index is 2.03. The van der Waals surface area contributed by atoms with Crippen molar-refractivity contribution in [1.29, 1.82) is 0 Å². The van der Waals surface area contributed by atoms with Crippen molar-refractivity contribution in [2.75, 3.05) is 0 Å². The third kappa shape index (κ3) is 3.10. The summed E-state index contributed by atoms with van der Waals surface area (Å²) in [6, 6.07) is 10.2. The Labute approximate surface area is 111 Å². The van der Waals surface area contributed by atoms with Crippen LogP contribution in [0.25, 0.3) is 0 Å². The summed E-state index contributed by atoms with van der Waals surface area (Å²) >= 11 is 0. The molecule has 0 amide bonds. The number of esters is 1. The number of ether oxygens (including phenoxy) is 1. The minimum Gasteiger partial charge on any atom is -0.457 e. The molecule has 1 aromatic carbocycles. The zero-order chi connectivity index (χ0) is 13.8. The summed E-state index contributed by atoms with van der Waals surface area (Å²) in [5.74, 6) is -0.790. The van der Waals surface area contributed by atoms with E-state index in [4.69, 9.17) is 9.15 Å². The van der Waals surface area contributed by atoms with Crippen molar-refractivity contribution >= 4 is 11.8 Å². The molecule has 0 saturated carbocycles. The van der Waals surface area contributed by atoms with E-state index in [0.717, 1.165) is 5.56 Å². The zero-order valence-electron chi connectivity index (χ0n) is 10.8. The number of furan rings is 1. The second-order valence-electron chi connectivity index (χ2n) is 4.26. The molecule has 4 heteroatoms. The van der Waals surface area contributed by atoms with Crippen LogP contribution in [0.1, 0.15) is 33.4 Å². The molecule has 1 aromatic heterocycles. The van der Waals surface area contributed by atoms with Gasteiger partial charge < -0.3 is 9.15 Å². The van der Waals surface area contributed by atoms with Gasteiger partial charge in [0.15, 0.2) is 6.10 Å². The van der Waals surface area contributed by atoms with Crippen LogP contribution in [0.3, 0.4) is 0 Å². The Morgan fingerprint density at radius 1 is 1.16 bits per heavy atom. The number of ketones is 1. The van der Waals surface area contributed by atoms with Crippen LogP contribution in [0.15, 0.2) is 47.1 Å². The van der Waals surface area contributed by atoms with Gasteiger partial charge in [-0.05, 0) is 26.0 Å². The summed E-state index contributed by atoms with van der Waals surface area (Å²) in [5, 5.41) is 0. The predicted octanol–water partition coefficient (Wildman–Crippen LogP) is 3.02. The van der Waals surface area contributed by atoms with E-state index < -0.39 is 12.1 Å². The molecule has 0 aliphatic rings. The van der Waals surface area contributed by atoms with Gasteiger partial charge in [-0.3, -0.25) is 4.79 Å². The van der Waals surface area contributed by atoms with Crippen molar-refractivity contribution in [1.82, 2.24) is 0 Å². The average Bonchev–Trinajstić information content (AvgIpc) is 2.92. The van der Waals surface area contributed by atoms with Gasteiger partial charge in [0.2, 0.25) is 11.5 Å². The number of hydrogen-bond acceptors (Lipinski definition) is 4. The molecule has 0 fully saturated rings. The highest BCUT2D eigenvalue weighted by Gasteiger charge is 2.21. The van der Waals surface area contributed by atoms with Crippen molar-refractivity contribution in [3.63, 3.8) is 0 Å². The lowest BCUT2D eigenvalue weighted by Gasteiger charge is -2.11. The molecule has 2 aromatic rings. The first-order valence-electron chi connectivity index (χ1n) is 5.93. The molecule has 0 aliphatic heterocycles. The maximum absolute atomic E-state index is 12.1. The molecular formula is C15H14O4. The molecule has 2 rings (SSSR count). The maximum Gasteiger partial charge on any atom is 0.374 e. The van der Waals surface area contributed by atoms with Crippen LogP contribution >= 0.6 is 0 Å². The number of carbonyl (C=O) groups excluding carboxylic acids is 2. The third-order valence-corrected chi connectivity index (χ3v) is 2.71. The van der Waals surface area contributed by atoms with Crippen LogP contribution in [-0.4, -0.2) is 17.9 Å². The predicted molar refractivity (Wildman–Crippen MR) is 69.1 cm³/mol. The second kappa shape index (κ2) is 5.52. The Morgan fingerprint density at radius 2 is 1.84 bits per heavy atom. The van der Waals surface area contributed by atoms with E-state index in [1.807, 2.05) is 19.1 Å². The van der Waals surface area contributed by atoms with E-state index in [2.05, 4.69) is 0 Å². The lowest BCUT2D eigenvalue weighted by atomic mass is 10.1. The Morgan fingerprint density at radius 3 is 2.42 bits per heavy atom. The van der Waals surface area contributed by atoms with Gasteiger partial charge in [-0.25, -0.2) is 4.79 Å². The minimum atomic E-state index is -0.847. The topological polar surface area (TPSA) is 56.5 Å². The van der Waals surface area contributed by atoms with Gasteiger partial charge in [-0.2, -0.15) is 0 Å². The molecule has 1 atom stereocenters. The fraction of sp³-hybridized carbons (Fsp3) is 0.200. The number of rotatable bonds is 4. The van der Waals surface area contributed by atoms with Gasteiger partial charge >= 0.3 is 5.97 Å². The number of aryl methyl sites for hydroxylation is 1. The van der Waals surface area contributed by atoms with Crippen LogP contribution in [0.4, 0.5) is 0 Å². The van der Waals surface area contributed by atoms with E-state index in [0.29, 0.717) is 5.56 Å². The van der Waals surface area contributed by atoms with Crippen LogP contribution in [-0.2, 0) is 4.74 Å². The first kappa shape index (κ1) is 13.1. The highest BCUT2D eigenvalue weighted by Crippen LogP contribution is 2.11. The summed E-state index contributed by atoms with van der Waals surface area (Å²) in [4.78, 5) is 23.7. The molecule has 4 nitrogen and oxygen atoms in total. The molecule has 0 saturated heterocycles. The van der Waals surface area contributed by atoms with Gasteiger partial charge in [-0.1, -0.05) is 29.8 Å². The van der Waals surface area contributed by atoms with Crippen LogP contribution in [0.5, 0.6) is 0 Å². The minimum absolute atomic E-state index is 0.0866. The lowest BCUT2D eigenvalue weighted by molar-refractivity contribution is 0.0289. The zero-order valence-corrected chi connectivity index (χ0v) is 10.8. The van der Waals surface area contributed by atoms with Crippen molar-refractivity contribution in [2.45, 2.75) is 20.0 Å². The molecule has 0 aliphatic carbocycles. The SMILES string of the molecule is Cc1ccc(C(=O)[C@@H](C)OC(=O)c2ccco2)cc1. The smallest absolute Gasteiger partial charge is 0.374 e. The molecule has 0 unspecified atom stereocenters. The van der Waals surface area contributed by atoms with E-state index in [1.54, 1.807) is 25.1 Å². The summed E-state index contributed by atoms with van der Waals surface area (Å²) in [6.45, 7) is 3.48. The van der Waals surface area contributed by atoms with E-state index >= 15 is 0 Å². The number of Topliss-reactive ketones (excluding diaryl/α,β-unsaturated/α-hetero) is 1. The number of carbonyl (C=O) groups is 2. The van der Waals surface area contributed by atoms with Crippen molar-refractivity contribution < 1.29 is 18.7 Å². The highest BCUT2D eigenvalue weighted by molar-refractivity contribution is 6.01. The fourth-order valence-corrected chi connectivity index (χ4v) is 1.62.